The lowest BCUT2D eigenvalue weighted by atomic mass is 9.66. The molecule has 0 aliphatic carbocycles. The SMILES string of the molecule is COc1ccc(NC(=O)C2N(CCCCCCO)C(=O)[C@@H]3[C@H](C(=O)Nc4ccccc4)[C@]4(C)CCC23O4)cc1. The molecule has 5 atom stereocenters. The van der Waals surface area contributed by atoms with Gasteiger partial charge in [-0.1, -0.05) is 31.0 Å². The van der Waals surface area contributed by atoms with Crippen LogP contribution in [0, 0.1) is 11.8 Å². The van der Waals surface area contributed by atoms with Crippen molar-refractivity contribution in [3.63, 3.8) is 0 Å². The molecule has 3 aliphatic rings. The zero-order valence-electron chi connectivity index (χ0n) is 22.5. The first-order chi connectivity index (χ1) is 18.8. The normalized spacial score (nSPS) is 28.8. The Labute approximate surface area is 228 Å². The predicted molar refractivity (Wildman–Crippen MR) is 146 cm³/mol. The van der Waals surface area contributed by atoms with Gasteiger partial charge >= 0.3 is 0 Å². The van der Waals surface area contributed by atoms with Gasteiger partial charge in [-0.25, -0.2) is 0 Å². The third-order valence-corrected chi connectivity index (χ3v) is 8.51. The van der Waals surface area contributed by atoms with Crippen LogP contribution in [0.3, 0.4) is 0 Å². The Hall–Kier alpha value is -3.43. The molecule has 0 saturated carbocycles. The van der Waals surface area contributed by atoms with Crippen molar-refractivity contribution in [3.05, 3.63) is 54.6 Å². The Morgan fingerprint density at radius 2 is 1.64 bits per heavy atom. The number of carbonyl (C=O) groups excluding carboxylic acids is 3. The average molecular weight is 536 g/mol. The van der Waals surface area contributed by atoms with Crippen LogP contribution < -0.4 is 15.4 Å². The molecule has 5 rings (SSSR count). The van der Waals surface area contributed by atoms with Crippen molar-refractivity contribution in [3.8, 4) is 5.75 Å². The fraction of sp³-hybridized carbons (Fsp3) is 0.500. The Bertz CT molecular complexity index is 1200. The highest BCUT2D eigenvalue weighted by Gasteiger charge is 2.77. The molecule has 208 valence electrons. The molecule has 2 unspecified atom stereocenters. The summed E-state index contributed by atoms with van der Waals surface area (Å²) in [5, 5.41) is 15.1. The van der Waals surface area contributed by atoms with E-state index in [0.717, 1.165) is 12.8 Å². The number of likely N-dealkylation sites (tertiary alicyclic amines) is 1. The minimum atomic E-state index is -1.08. The Balaban J connectivity index is 1.44. The second kappa shape index (κ2) is 11.0. The number of unbranched alkanes of at least 4 members (excludes halogenated alkanes) is 3. The molecule has 3 saturated heterocycles. The van der Waals surface area contributed by atoms with Gasteiger partial charge in [0.25, 0.3) is 0 Å². The molecule has 9 heteroatoms. The van der Waals surface area contributed by atoms with Crippen LogP contribution in [0.15, 0.2) is 54.6 Å². The van der Waals surface area contributed by atoms with Crippen LogP contribution in [0.1, 0.15) is 45.4 Å². The number of ether oxygens (including phenoxy) is 2. The number of amides is 3. The summed E-state index contributed by atoms with van der Waals surface area (Å²) in [6, 6.07) is 15.4. The van der Waals surface area contributed by atoms with E-state index >= 15 is 0 Å². The third-order valence-electron chi connectivity index (χ3n) is 8.51. The summed E-state index contributed by atoms with van der Waals surface area (Å²) in [7, 11) is 1.58. The molecular weight excluding hydrogens is 498 g/mol. The topological polar surface area (TPSA) is 117 Å². The van der Waals surface area contributed by atoms with Gasteiger partial charge in [-0.3, -0.25) is 14.4 Å². The zero-order chi connectivity index (χ0) is 27.6. The van der Waals surface area contributed by atoms with E-state index in [1.54, 1.807) is 36.3 Å². The van der Waals surface area contributed by atoms with Gasteiger partial charge in [0, 0.05) is 24.5 Å². The van der Waals surface area contributed by atoms with Crippen molar-refractivity contribution < 1.29 is 29.0 Å². The highest BCUT2D eigenvalue weighted by molar-refractivity contribution is 6.05. The summed E-state index contributed by atoms with van der Waals surface area (Å²) in [6.07, 6.45) is 4.17. The van der Waals surface area contributed by atoms with E-state index in [2.05, 4.69) is 10.6 Å². The lowest BCUT2D eigenvalue weighted by Gasteiger charge is -2.33. The number of methoxy groups -OCH3 is 1. The van der Waals surface area contributed by atoms with E-state index in [0.29, 0.717) is 49.4 Å². The largest absolute Gasteiger partial charge is 0.497 e. The van der Waals surface area contributed by atoms with E-state index in [-0.39, 0.29) is 24.3 Å². The van der Waals surface area contributed by atoms with Crippen molar-refractivity contribution in [2.24, 2.45) is 11.8 Å². The third kappa shape index (κ3) is 4.89. The van der Waals surface area contributed by atoms with Gasteiger partial charge < -0.3 is 30.1 Å². The second-order valence-electron chi connectivity index (χ2n) is 11.0. The minimum absolute atomic E-state index is 0.130. The van der Waals surface area contributed by atoms with Crippen LogP contribution in [0.5, 0.6) is 5.75 Å². The summed E-state index contributed by atoms with van der Waals surface area (Å²) in [5.74, 6) is -1.57. The minimum Gasteiger partial charge on any atom is -0.497 e. The number of aliphatic hydroxyl groups excluding tert-OH is 1. The van der Waals surface area contributed by atoms with Crippen molar-refractivity contribution >= 4 is 29.1 Å². The monoisotopic (exact) mass is 535 g/mol. The van der Waals surface area contributed by atoms with E-state index < -0.39 is 29.1 Å². The summed E-state index contributed by atoms with van der Waals surface area (Å²) >= 11 is 0. The molecule has 39 heavy (non-hydrogen) atoms. The second-order valence-corrected chi connectivity index (χ2v) is 11.0. The van der Waals surface area contributed by atoms with Gasteiger partial charge in [-0.2, -0.15) is 0 Å². The molecule has 9 nitrogen and oxygen atoms in total. The van der Waals surface area contributed by atoms with Crippen LogP contribution in [0.2, 0.25) is 0 Å². The molecule has 2 aromatic carbocycles. The predicted octanol–water partition coefficient (Wildman–Crippen LogP) is 3.59. The lowest BCUT2D eigenvalue weighted by Crippen LogP contribution is -2.53. The van der Waals surface area contributed by atoms with Crippen LogP contribution >= 0.6 is 0 Å². The maximum atomic E-state index is 14.1. The molecule has 2 aromatic rings. The van der Waals surface area contributed by atoms with Crippen LogP contribution in [0.25, 0.3) is 0 Å². The van der Waals surface area contributed by atoms with E-state index in [4.69, 9.17) is 14.6 Å². The van der Waals surface area contributed by atoms with Crippen molar-refractivity contribution in [2.45, 2.75) is 62.7 Å². The van der Waals surface area contributed by atoms with Crippen molar-refractivity contribution in [1.29, 1.82) is 0 Å². The smallest absolute Gasteiger partial charge is 0.250 e. The number of hydrogen-bond acceptors (Lipinski definition) is 6. The number of anilines is 2. The molecule has 0 radical (unpaired) electrons. The van der Waals surface area contributed by atoms with E-state index in [9.17, 15) is 14.4 Å². The summed E-state index contributed by atoms with van der Waals surface area (Å²) in [4.78, 5) is 43.3. The summed E-state index contributed by atoms with van der Waals surface area (Å²) < 4.78 is 11.9. The fourth-order valence-electron chi connectivity index (χ4n) is 6.74. The highest BCUT2D eigenvalue weighted by Crippen LogP contribution is 2.63. The lowest BCUT2D eigenvalue weighted by molar-refractivity contribution is -0.143. The first-order valence-corrected chi connectivity index (χ1v) is 13.8. The van der Waals surface area contributed by atoms with E-state index in [1.807, 2.05) is 37.3 Å². The Morgan fingerprint density at radius 3 is 2.33 bits per heavy atom. The first-order valence-electron chi connectivity index (χ1n) is 13.8. The maximum absolute atomic E-state index is 14.1. The van der Waals surface area contributed by atoms with Gasteiger partial charge in [0.15, 0.2) is 0 Å². The molecule has 0 aromatic heterocycles. The molecule has 3 amide bonds. The summed E-state index contributed by atoms with van der Waals surface area (Å²) in [6.45, 7) is 2.40. The number of fused-ring (bicyclic) bond motifs is 1. The van der Waals surface area contributed by atoms with Crippen molar-refractivity contribution in [1.82, 2.24) is 4.90 Å². The van der Waals surface area contributed by atoms with Crippen LogP contribution in [-0.2, 0) is 19.1 Å². The van der Waals surface area contributed by atoms with Crippen molar-refractivity contribution in [2.75, 3.05) is 30.9 Å². The van der Waals surface area contributed by atoms with Gasteiger partial charge in [0.05, 0.1) is 24.5 Å². The Morgan fingerprint density at radius 1 is 0.974 bits per heavy atom. The number of nitrogens with one attached hydrogen (secondary N) is 2. The molecule has 3 aliphatic heterocycles. The van der Waals surface area contributed by atoms with Crippen LogP contribution in [0.4, 0.5) is 11.4 Å². The number of nitrogens with zero attached hydrogens (tertiary/aromatic N) is 1. The zero-order valence-corrected chi connectivity index (χ0v) is 22.5. The molecule has 2 bridgehead atoms. The summed E-state index contributed by atoms with van der Waals surface area (Å²) in [5.41, 5.74) is -0.673. The maximum Gasteiger partial charge on any atom is 0.250 e. The standard InChI is InChI=1S/C30H37N3O6/c1-29-16-17-30(39-29)24(23(29)26(35)31-20-10-6-5-7-11-20)28(37)33(18-8-3-4-9-19-34)25(30)27(36)32-21-12-14-22(38-2)15-13-21/h5-7,10-15,23-25,34H,3-4,8-9,16-19H2,1-2H3,(H,31,35)(H,32,36)/t23-,24+,25?,29+,30?/m1/s1. The number of benzene rings is 2. The molecule has 3 fully saturated rings. The van der Waals surface area contributed by atoms with Gasteiger partial charge in [0.2, 0.25) is 17.7 Å². The highest BCUT2D eigenvalue weighted by atomic mass is 16.5. The van der Waals surface area contributed by atoms with Crippen LogP contribution in [-0.4, -0.2) is 65.2 Å². The molecule has 3 heterocycles. The van der Waals surface area contributed by atoms with Gasteiger partial charge in [-0.05, 0) is 69.0 Å². The quantitative estimate of drug-likeness (QED) is 0.379. The fourth-order valence-corrected chi connectivity index (χ4v) is 6.74. The number of carbonyl (C=O) groups is 3. The van der Waals surface area contributed by atoms with E-state index in [1.165, 1.54) is 0 Å². The molecule has 3 N–H and O–H groups in total. The average Bonchev–Trinajstić information content (AvgIpc) is 3.50. The number of rotatable bonds is 11. The number of para-hydroxylation sites is 1. The number of aliphatic hydroxyl groups is 1. The van der Waals surface area contributed by atoms with Gasteiger partial charge in [-0.15, -0.1) is 0 Å². The molecule has 1 spiro atoms. The number of hydrogen-bond donors (Lipinski definition) is 3. The first kappa shape index (κ1) is 27.1. The Kier molecular flexibility index (Phi) is 7.64. The molecular formula is C30H37N3O6. The van der Waals surface area contributed by atoms with Gasteiger partial charge in [0.1, 0.15) is 17.4 Å².